The highest BCUT2D eigenvalue weighted by Gasteiger charge is 2.20. The van der Waals surface area contributed by atoms with Gasteiger partial charge in [-0.1, -0.05) is 27.7 Å². The van der Waals surface area contributed by atoms with Gasteiger partial charge in [-0.05, 0) is 60.1 Å². The van der Waals surface area contributed by atoms with Gasteiger partial charge in [-0.15, -0.1) is 11.3 Å². The third-order valence-electron chi connectivity index (χ3n) is 3.17. The van der Waals surface area contributed by atoms with Crippen molar-refractivity contribution >= 4 is 27.3 Å². The molecule has 2 atom stereocenters. The SMILES string of the molecule is CNC(CC(C)CC(C)(C)C)c1cc(Br)c(C)s1. The Morgan fingerprint density at radius 3 is 2.39 bits per heavy atom. The Balaban J connectivity index is 2.67. The van der Waals surface area contributed by atoms with E-state index in [1.165, 1.54) is 27.1 Å². The second kappa shape index (κ2) is 6.53. The molecule has 3 heteroatoms. The van der Waals surface area contributed by atoms with Crippen LogP contribution in [0.15, 0.2) is 10.5 Å². The average molecular weight is 332 g/mol. The number of hydrogen-bond acceptors (Lipinski definition) is 2. The van der Waals surface area contributed by atoms with Crippen molar-refractivity contribution in [2.45, 2.75) is 53.5 Å². The second-order valence-electron chi connectivity index (χ2n) is 6.50. The van der Waals surface area contributed by atoms with Gasteiger partial charge in [0.05, 0.1) is 0 Å². The van der Waals surface area contributed by atoms with Gasteiger partial charge in [0.2, 0.25) is 0 Å². The van der Waals surface area contributed by atoms with Crippen LogP contribution in [0.4, 0.5) is 0 Å². The molecule has 2 unspecified atom stereocenters. The largest absolute Gasteiger partial charge is 0.312 e. The van der Waals surface area contributed by atoms with E-state index in [9.17, 15) is 0 Å². The molecule has 1 nitrogen and oxygen atoms in total. The summed E-state index contributed by atoms with van der Waals surface area (Å²) in [6.07, 6.45) is 2.48. The van der Waals surface area contributed by atoms with E-state index in [1.807, 2.05) is 11.3 Å². The first-order valence-corrected chi connectivity index (χ1v) is 8.27. The first kappa shape index (κ1) is 16.2. The Kier molecular flexibility index (Phi) is 5.88. The molecule has 0 aromatic carbocycles. The standard InChI is InChI=1S/C15H26BrNS/c1-10(9-15(3,4)5)7-13(17-6)14-8-12(16)11(2)18-14/h8,10,13,17H,7,9H2,1-6H3. The summed E-state index contributed by atoms with van der Waals surface area (Å²) in [5.41, 5.74) is 0.420. The predicted molar refractivity (Wildman–Crippen MR) is 86.4 cm³/mol. The van der Waals surface area contributed by atoms with Crippen LogP contribution in [0.2, 0.25) is 0 Å². The van der Waals surface area contributed by atoms with Gasteiger partial charge < -0.3 is 5.32 Å². The quantitative estimate of drug-likeness (QED) is 0.746. The molecule has 0 fully saturated rings. The van der Waals surface area contributed by atoms with Gasteiger partial charge in [0.1, 0.15) is 0 Å². The van der Waals surface area contributed by atoms with Crippen molar-refractivity contribution in [3.8, 4) is 0 Å². The van der Waals surface area contributed by atoms with E-state index in [4.69, 9.17) is 0 Å². The van der Waals surface area contributed by atoms with Crippen molar-refractivity contribution in [3.63, 3.8) is 0 Å². The predicted octanol–water partition coefficient (Wildman–Crippen LogP) is 5.54. The fourth-order valence-electron chi connectivity index (χ4n) is 2.56. The number of hydrogen-bond donors (Lipinski definition) is 1. The monoisotopic (exact) mass is 331 g/mol. The normalized spacial score (nSPS) is 15.7. The van der Waals surface area contributed by atoms with Crippen molar-refractivity contribution in [2.24, 2.45) is 11.3 Å². The molecule has 0 radical (unpaired) electrons. The maximum absolute atomic E-state index is 3.61. The van der Waals surface area contributed by atoms with Crippen LogP contribution in [0.1, 0.15) is 56.3 Å². The van der Waals surface area contributed by atoms with Gasteiger partial charge in [-0.25, -0.2) is 0 Å². The Hall–Kier alpha value is 0.140. The summed E-state index contributed by atoms with van der Waals surface area (Å²) in [7, 11) is 2.07. The first-order chi connectivity index (χ1) is 8.23. The van der Waals surface area contributed by atoms with Crippen molar-refractivity contribution in [3.05, 3.63) is 20.3 Å². The van der Waals surface area contributed by atoms with Gasteiger partial charge in [0, 0.05) is 20.3 Å². The summed E-state index contributed by atoms with van der Waals surface area (Å²) < 4.78 is 1.24. The van der Waals surface area contributed by atoms with Gasteiger partial charge in [-0.2, -0.15) is 0 Å². The third-order valence-corrected chi connectivity index (χ3v) is 5.42. The maximum atomic E-state index is 3.61. The molecule has 0 bridgehead atoms. The molecule has 0 saturated heterocycles. The lowest BCUT2D eigenvalue weighted by Crippen LogP contribution is -2.20. The number of aryl methyl sites for hydroxylation is 1. The third kappa shape index (κ3) is 5.02. The summed E-state index contributed by atoms with van der Waals surface area (Å²) in [5, 5.41) is 3.47. The molecule has 18 heavy (non-hydrogen) atoms. The molecular weight excluding hydrogens is 306 g/mol. The van der Waals surface area contributed by atoms with Gasteiger partial charge >= 0.3 is 0 Å². The van der Waals surface area contributed by atoms with Crippen molar-refractivity contribution in [1.82, 2.24) is 5.32 Å². The molecule has 0 aliphatic carbocycles. The highest BCUT2D eigenvalue weighted by Crippen LogP contribution is 2.35. The first-order valence-electron chi connectivity index (χ1n) is 6.66. The molecule has 0 aliphatic heterocycles. The lowest BCUT2D eigenvalue weighted by Gasteiger charge is -2.26. The van der Waals surface area contributed by atoms with Gasteiger partial charge in [0.15, 0.2) is 0 Å². The van der Waals surface area contributed by atoms with Crippen LogP contribution in [0.3, 0.4) is 0 Å². The molecule has 1 aromatic rings. The zero-order chi connectivity index (χ0) is 13.9. The van der Waals surface area contributed by atoms with E-state index in [-0.39, 0.29) is 0 Å². The number of nitrogens with one attached hydrogen (secondary N) is 1. The van der Waals surface area contributed by atoms with Crippen LogP contribution < -0.4 is 5.32 Å². The van der Waals surface area contributed by atoms with Crippen LogP contribution in [0.25, 0.3) is 0 Å². The van der Waals surface area contributed by atoms with E-state index >= 15 is 0 Å². The fourth-order valence-corrected chi connectivity index (χ4v) is 4.24. The molecule has 0 spiro atoms. The van der Waals surface area contributed by atoms with Crippen LogP contribution in [-0.2, 0) is 0 Å². The summed E-state index contributed by atoms with van der Waals surface area (Å²) in [5.74, 6) is 0.739. The second-order valence-corrected chi connectivity index (χ2v) is 8.64. The van der Waals surface area contributed by atoms with E-state index in [1.54, 1.807) is 0 Å². The molecule has 1 heterocycles. The molecule has 104 valence electrons. The number of rotatable bonds is 5. The minimum Gasteiger partial charge on any atom is -0.312 e. The molecular formula is C15H26BrNS. The van der Waals surface area contributed by atoms with Crippen LogP contribution in [0.5, 0.6) is 0 Å². The summed E-state index contributed by atoms with van der Waals surface area (Å²) in [4.78, 5) is 2.82. The van der Waals surface area contributed by atoms with Crippen molar-refractivity contribution in [2.75, 3.05) is 7.05 Å². The van der Waals surface area contributed by atoms with E-state index in [0.29, 0.717) is 11.5 Å². The van der Waals surface area contributed by atoms with Crippen LogP contribution >= 0.6 is 27.3 Å². The lowest BCUT2D eigenvalue weighted by molar-refractivity contribution is 0.280. The van der Waals surface area contributed by atoms with Crippen LogP contribution in [-0.4, -0.2) is 7.05 Å². The lowest BCUT2D eigenvalue weighted by atomic mass is 9.83. The minimum atomic E-state index is 0.420. The highest BCUT2D eigenvalue weighted by atomic mass is 79.9. The number of thiophene rings is 1. The minimum absolute atomic E-state index is 0.420. The topological polar surface area (TPSA) is 12.0 Å². The number of halogens is 1. The molecule has 0 saturated carbocycles. The Bertz CT molecular complexity index is 359. The smallest absolute Gasteiger partial charge is 0.0415 e. The van der Waals surface area contributed by atoms with Gasteiger partial charge in [0.25, 0.3) is 0 Å². The molecule has 1 aromatic heterocycles. The zero-order valence-corrected chi connectivity index (χ0v) is 14.8. The zero-order valence-electron chi connectivity index (χ0n) is 12.4. The van der Waals surface area contributed by atoms with Gasteiger partial charge in [-0.3, -0.25) is 0 Å². The average Bonchev–Trinajstić information content (AvgIpc) is 2.53. The maximum Gasteiger partial charge on any atom is 0.0415 e. The highest BCUT2D eigenvalue weighted by molar-refractivity contribution is 9.10. The summed E-state index contributed by atoms with van der Waals surface area (Å²) in [6, 6.07) is 2.75. The Labute approximate surface area is 125 Å². The fraction of sp³-hybridized carbons (Fsp3) is 0.733. The Morgan fingerprint density at radius 1 is 1.39 bits per heavy atom. The van der Waals surface area contributed by atoms with E-state index in [0.717, 1.165) is 5.92 Å². The molecule has 1 rings (SSSR count). The van der Waals surface area contributed by atoms with E-state index in [2.05, 4.69) is 69.0 Å². The Morgan fingerprint density at radius 2 is 2.00 bits per heavy atom. The van der Waals surface area contributed by atoms with Crippen molar-refractivity contribution < 1.29 is 0 Å². The van der Waals surface area contributed by atoms with Crippen LogP contribution in [0, 0.1) is 18.3 Å². The molecule has 0 amide bonds. The summed E-state index contributed by atoms with van der Waals surface area (Å²) in [6.45, 7) is 11.5. The van der Waals surface area contributed by atoms with E-state index < -0.39 is 0 Å². The van der Waals surface area contributed by atoms with Crippen molar-refractivity contribution in [1.29, 1.82) is 0 Å². The molecule has 0 aliphatic rings. The molecule has 1 N–H and O–H groups in total. The summed E-state index contributed by atoms with van der Waals surface area (Å²) >= 11 is 5.51.